The summed E-state index contributed by atoms with van der Waals surface area (Å²) < 4.78 is 0.769. The summed E-state index contributed by atoms with van der Waals surface area (Å²) in [7, 11) is 1.72. The van der Waals surface area contributed by atoms with E-state index < -0.39 is 4.92 Å². The molecule has 0 aliphatic rings. The fourth-order valence-corrected chi connectivity index (χ4v) is 1.64. The van der Waals surface area contributed by atoms with Gasteiger partial charge in [0.05, 0.1) is 11.5 Å². The van der Waals surface area contributed by atoms with Crippen LogP contribution >= 0.6 is 15.9 Å². The largest absolute Gasteiger partial charge is 0.394 e. The molecular weight excluding hydrogens is 276 g/mol. The minimum atomic E-state index is -0.428. The first-order valence-corrected chi connectivity index (χ1v) is 5.54. The molecule has 1 aromatic rings. The molecule has 0 spiro atoms. The second kappa shape index (κ2) is 5.27. The lowest BCUT2D eigenvalue weighted by Gasteiger charge is -2.25. The molecule has 1 aromatic carbocycles. The molecular formula is C10H13BrN2O3. The van der Waals surface area contributed by atoms with Crippen molar-refractivity contribution in [2.24, 2.45) is 0 Å². The summed E-state index contributed by atoms with van der Waals surface area (Å²) in [5, 5.41) is 19.9. The lowest BCUT2D eigenvalue weighted by Crippen LogP contribution is -2.32. The van der Waals surface area contributed by atoms with Gasteiger partial charge in [0.25, 0.3) is 5.69 Å². The van der Waals surface area contributed by atoms with Crippen molar-refractivity contribution in [1.29, 1.82) is 0 Å². The Kier molecular flexibility index (Phi) is 4.26. The van der Waals surface area contributed by atoms with Gasteiger partial charge in [0.15, 0.2) is 0 Å². The van der Waals surface area contributed by atoms with Crippen LogP contribution in [-0.4, -0.2) is 29.7 Å². The van der Waals surface area contributed by atoms with Crippen molar-refractivity contribution in [1.82, 2.24) is 0 Å². The summed E-state index contributed by atoms with van der Waals surface area (Å²) in [6, 6.07) is 4.57. The van der Waals surface area contributed by atoms with E-state index in [0.717, 1.165) is 4.47 Å². The maximum Gasteiger partial charge on any atom is 0.292 e. The Morgan fingerprint density at radius 3 is 2.75 bits per heavy atom. The van der Waals surface area contributed by atoms with E-state index in [-0.39, 0.29) is 18.3 Å². The lowest BCUT2D eigenvalue weighted by atomic mass is 10.2. The molecule has 0 heterocycles. The third kappa shape index (κ3) is 2.70. The molecule has 0 aromatic heterocycles. The number of halogens is 1. The number of rotatable bonds is 4. The number of benzene rings is 1. The third-order valence-corrected chi connectivity index (χ3v) is 2.93. The van der Waals surface area contributed by atoms with E-state index in [9.17, 15) is 10.1 Å². The Morgan fingerprint density at radius 1 is 1.62 bits per heavy atom. The maximum absolute atomic E-state index is 10.8. The molecule has 0 amide bonds. The minimum Gasteiger partial charge on any atom is -0.394 e. The zero-order valence-electron chi connectivity index (χ0n) is 9.05. The normalized spacial score (nSPS) is 12.2. The van der Waals surface area contributed by atoms with Crippen LogP contribution in [0.4, 0.5) is 11.4 Å². The maximum atomic E-state index is 10.8. The number of hydrogen-bond acceptors (Lipinski definition) is 4. The molecule has 1 rings (SSSR count). The van der Waals surface area contributed by atoms with Crippen LogP contribution in [0.2, 0.25) is 0 Å². The highest BCUT2D eigenvalue weighted by Gasteiger charge is 2.20. The Hall–Kier alpha value is -1.14. The molecule has 0 bridgehead atoms. The van der Waals surface area contributed by atoms with Gasteiger partial charge in [-0.3, -0.25) is 10.1 Å². The summed E-state index contributed by atoms with van der Waals surface area (Å²) in [4.78, 5) is 12.1. The van der Waals surface area contributed by atoms with E-state index in [1.165, 1.54) is 6.07 Å². The number of nitrogens with zero attached hydrogens (tertiary/aromatic N) is 2. The monoisotopic (exact) mass is 288 g/mol. The summed E-state index contributed by atoms with van der Waals surface area (Å²) in [5.41, 5.74) is 0.520. The van der Waals surface area contributed by atoms with Gasteiger partial charge in [-0.1, -0.05) is 15.9 Å². The van der Waals surface area contributed by atoms with Crippen molar-refractivity contribution >= 4 is 27.3 Å². The quantitative estimate of drug-likeness (QED) is 0.681. The second-order valence-electron chi connectivity index (χ2n) is 3.53. The first-order chi connectivity index (χ1) is 7.47. The average Bonchev–Trinajstić information content (AvgIpc) is 2.26. The number of anilines is 1. The highest BCUT2D eigenvalue weighted by Crippen LogP contribution is 2.31. The molecule has 0 saturated heterocycles. The number of hydrogen-bond donors (Lipinski definition) is 1. The van der Waals surface area contributed by atoms with E-state index in [1.807, 2.05) is 0 Å². The van der Waals surface area contributed by atoms with E-state index in [2.05, 4.69) is 15.9 Å². The molecule has 5 nitrogen and oxygen atoms in total. The topological polar surface area (TPSA) is 66.6 Å². The van der Waals surface area contributed by atoms with Gasteiger partial charge in [0, 0.05) is 23.6 Å². The predicted octanol–water partition coefficient (Wildman–Crippen LogP) is 2.17. The van der Waals surface area contributed by atoms with E-state index in [1.54, 1.807) is 31.0 Å². The van der Waals surface area contributed by atoms with E-state index in [0.29, 0.717) is 5.69 Å². The molecule has 16 heavy (non-hydrogen) atoms. The lowest BCUT2D eigenvalue weighted by molar-refractivity contribution is -0.384. The van der Waals surface area contributed by atoms with Crippen molar-refractivity contribution in [3.05, 3.63) is 32.8 Å². The summed E-state index contributed by atoms with van der Waals surface area (Å²) in [6.45, 7) is 1.74. The van der Waals surface area contributed by atoms with Gasteiger partial charge in [0.1, 0.15) is 5.69 Å². The van der Waals surface area contributed by atoms with Crippen LogP contribution in [0, 0.1) is 10.1 Å². The Bertz CT molecular complexity index is 398. The number of aliphatic hydroxyl groups excluding tert-OH is 1. The van der Waals surface area contributed by atoms with Crippen LogP contribution in [0.15, 0.2) is 22.7 Å². The van der Waals surface area contributed by atoms with Crippen LogP contribution in [0.1, 0.15) is 6.92 Å². The Labute approximate surface area is 102 Å². The zero-order valence-corrected chi connectivity index (χ0v) is 10.6. The first kappa shape index (κ1) is 12.9. The predicted molar refractivity (Wildman–Crippen MR) is 65.7 cm³/mol. The highest BCUT2D eigenvalue weighted by molar-refractivity contribution is 9.10. The van der Waals surface area contributed by atoms with Crippen LogP contribution in [-0.2, 0) is 0 Å². The Morgan fingerprint density at radius 2 is 2.25 bits per heavy atom. The number of nitro groups is 1. The van der Waals surface area contributed by atoms with Gasteiger partial charge in [0.2, 0.25) is 0 Å². The molecule has 0 saturated carbocycles. The second-order valence-corrected chi connectivity index (χ2v) is 4.45. The van der Waals surface area contributed by atoms with Crippen LogP contribution in [0.25, 0.3) is 0 Å². The van der Waals surface area contributed by atoms with Crippen molar-refractivity contribution in [2.45, 2.75) is 13.0 Å². The molecule has 6 heteroatoms. The molecule has 0 aliphatic carbocycles. The molecule has 1 unspecified atom stereocenters. The van der Waals surface area contributed by atoms with Crippen molar-refractivity contribution in [2.75, 3.05) is 18.6 Å². The first-order valence-electron chi connectivity index (χ1n) is 4.75. The fourth-order valence-electron chi connectivity index (χ4n) is 1.29. The molecule has 0 radical (unpaired) electrons. The Balaban J connectivity index is 3.19. The minimum absolute atomic E-state index is 0.0333. The van der Waals surface area contributed by atoms with Gasteiger partial charge < -0.3 is 10.0 Å². The van der Waals surface area contributed by atoms with Gasteiger partial charge in [-0.15, -0.1) is 0 Å². The van der Waals surface area contributed by atoms with Crippen LogP contribution < -0.4 is 4.90 Å². The van der Waals surface area contributed by atoms with Crippen molar-refractivity contribution in [3.63, 3.8) is 0 Å². The summed E-state index contributed by atoms with van der Waals surface area (Å²) in [5.74, 6) is 0. The molecule has 1 N–H and O–H groups in total. The third-order valence-electron chi connectivity index (χ3n) is 2.44. The smallest absolute Gasteiger partial charge is 0.292 e. The summed E-state index contributed by atoms with van der Waals surface area (Å²) >= 11 is 3.27. The number of nitro benzene ring substituents is 1. The zero-order chi connectivity index (χ0) is 12.3. The van der Waals surface area contributed by atoms with E-state index in [4.69, 9.17) is 5.11 Å². The summed E-state index contributed by atoms with van der Waals surface area (Å²) in [6.07, 6.45) is 0. The molecule has 88 valence electrons. The van der Waals surface area contributed by atoms with E-state index >= 15 is 0 Å². The van der Waals surface area contributed by atoms with Gasteiger partial charge in [-0.2, -0.15) is 0 Å². The molecule has 0 fully saturated rings. The molecule has 1 atom stereocenters. The average molecular weight is 289 g/mol. The fraction of sp³-hybridized carbons (Fsp3) is 0.400. The molecule has 0 aliphatic heterocycles. The van der Waals surface area contributed by atoms with Gasteiger partial charge >= 0.3 is 0 Å². The van der Waals surface area contributed by atoms with Crippen molar-refractivity contribution < 1.29 is 10.0 Å². The van der Waals surface area contributed by atoms with Gasteiger partial charge in [-0.25, -0.2) is 0 Å². The number of likely N-dealkylation sites (N-methyl/N-ethyl adjacent to an activating group) is 1. The van der Waals surface area contributed by atoms with Crippen molar-refractivity contribution in [3.8, 4) is 0 Å². The highest BCUT2D eigenvalue weighted by atomic mass is 79.9. The van der Waals surface area contributed by atoms with Gasteiger partial charge in [-0.05, 0) is 19.1 Å². The van der Waals surface area contributed by atoms with Crippen LogP contribution in [0.5, 0.6) is 0 Å². The van der Waals surface area contributed by atoms with Crippen LogP contribution in [0.3, 0.4) is 0 Å². The standard InChI is InChI=1S/C10H13BrN2O3/c1-7(6-14)12(2)10-5-8(11)3-4-9(10)13(15)16/h3-5,7,14H,6H2,1-2H3. The SMILES string of the molecule is CC(CO)N(C)c1cc(Br)ccc1[N+](=O)[O-]. The number of aliphatic hydroxyl groups is 1.